The van der Waals surface area contributed by atoms with Crippen molar-refractivity contribution in [3.05, 3.63) is 430 Å². The van der Waals surface area contributed by atoms with E-state index >= 15 is 0 Å². The minimum atomic E-state index is -0.540. The number of benzene rings is 10. The van der Waals surface area contributed by atoms with Gasteiger partial charge in [0.25, 0.3) is 5.69 Å². The number of nitrogens with one attached hydrogen (secondary N) is 1. The first kappa shape index (κ1) is 118. The number of amides is 1. The molecule has 29 nitrogen and oxygen atoms in total. The van der Waals surface area contributed by atoms with Gasteiger partial charge in [0.1, 0.15) is 127 Å². The summed E-state index contributed by atoms with van der Waals surface area (Å²) in [4.78, 5) is 74.7. The third kappa shape index (κ3) is 39.1. The Morgan fingerprint density at radius 3 is 1.03 bits per heavy atom. The number of methoxy groups -OCH3 is 4. The molecule has 0 spiro atoms. The molecule has 6 aromatic heterocycles. The minimum Gasteiger partial charge on any atom is -1.00 e. The Balaban J connectivity index is 0.000000237. The molecule has 1 amide bonds. The van der Waals surface area contributed by atoms with Crippen LogP contribution in [-0.2, 0) is 36.7 Å². The van der Waals surface area contributed by atoms with Gasteiger partial charge in [-0.05, 0) is 330 Å². The van der Waals surface area contributed by atoms with Crippen LogP contribution >= 0.6 is 15.9 Å². The molecule has 7 heterocycles. The maximum absolute atomic E-state index is 12.9. The Hall–Kier alpha value is -17.6. The van der Waals surface area contributed by atoms with E-state index in [1.807, 2.05) is 107 Å². The summed E-state index contributed by atoms with van der Waals surface area (Å²) in [5, 5.41) is 58.4. The van der Waals surface area contributed by atoms with Crippen LogP contribution in [0.15, 0.2) is 351 Å². The number of hydrogen-bond donors (Lipinski definition) is 4. The Morgan fingerprint density at radius 1 is 0.400 bits per heavy atom. The van der Waals surface area contributed by atoms with Gasteiger partial charge in [0.15, 0.2) is 0 Å². The molecule has 4 N–H and O–H groups in total. The van der Waals surface area contributed by atoms with Crippen LogP contribution in [0, 0.1) is 63.1 Å². The molecule has 1 fully saturated rings. The van der Waals surface area contributed by atoms with Gasteiger partial charge < -0.3 is 64.1 Å². The minimum absolute atomic E-state index is 0. The van der Waals surface area contributed by atoms with Gasteiger partial charge in [-0.3, -0.25) is 15.4 Å². The van der Waals surface area contributed by atoms with Crippen LogP contribution < -0.4 is 68.0 Å². The number of nitriles is 3. The number of piperazine rings is 1. The first-order valence-electron chi connectivity index (χ1n) is 44.9. The summed E-state index contributed by atoms with van der Waals surface area (Å²) < 4.78 is 119. The van der Waals surface area contributed by atoms with Gasteiger partial charge >= 0.3 is 59.5 Å². The number of aliphatic hydroxyl groups excluding tert-OH is 1. The van der Waals surface area contributed by atoms with Crippen molar-refractivity contribution in [2.75, 3.05) is 54.6 Å². The van der Waals surface area contributed by atoms with Crippen molar-refractivity contribution in [1.29, 1.82) is 15.8 Å². The fraction of sp³-hybridized carbons (Fsp3) is 0.133. The van der Waals surface area contributed by atoms with E-state index in [-0.39, 0.29) is 110 Å². The molecular weight excluding hydrogens is 2010 g/mol. The largest absolute Gasteiger partial charge is 1.00 e. The van der Waals surface area contributed by atoms with E-state index in [1.54, 1.807) is 151 Å². The van der Waals surface area contributed by atoms with Crippen molar-refractivity contribution in [1.82, 2.24) is 30.2 Å². The molecule has 0 atom stereocenters. The van der Waals surface area contributed by atoms with Gasteiger partial charge in [-0.1, -0.05) is 22.9 Å². The zero-order valence-electron chi connectivity index (χ0n) is 83.4. The number of hydrogen-bond acceptors (Lipinski definition) is 26. The fourth-order valence-electron chi connectivity index (χ4n) is 12.7. The molecular formula is C113H98BBrF5N11NaO18+2. The van der Waals surface area contributed by atoms with Gasteiger partial charge in [-0.15, -0.1) is 0 Å². The number of aromatic nitrogens is 6. The smallest absolute Gasteiger partial charge is 1.00 e. The Labute approximate surface area is 895 Å². The third-order valence-electron chi connectivity index (χ3n) is 20.1. The predicted molar refractivity (Wildman–Crippen MR) is 545 cm³/mol. The molecule has 150 heavy (non-hydrogen) atoms. The number of rotatable bonds is 20. The van der Waals surface area contributed by atoms with Crippen LogP contribution in [0.1, 0.15) is 98.8 Å². The van der Waals surface area contributed by atoms with E-state index in [0.717, 1.165) is 74.7 Å². The molecule has 1 aliphatic rings. The van der Waals surface area contributed by atoms with Gasteiger partial charge in [-0.25, -0.2) is 60.9 Å². The second kappa shape index (κ2) is 60.4. The van der Waals surface area contributed by atoms with Gasteiger partial charge in [-0.2, -0.15) is 15.8 Å². The molecule has 757 valence electrons. The zero-order valence-corrected chi connectivity index (χ0v) is 86.0. The van der Waals surface area contributed by atoms with Crippen LogP contribution in [0.2, 0.25) is 0 Å². The quantitative estimate of drug-likeness (QED) is 0.0137. The molecule has 16 aromatic rings. The van der Waals surface area contributed by atoms with E-state index in [0.29, 0.717) is 108 Å². The monoisotopic (exact) mass is 2100 g/mol. The zero-order chi connectivity index (χ0) is 106. The van der Waals surface area contributed by atoms with E-state index < -0.39 is 17.9 Å². The molecule has 10 aromatic carbocycles. The van der Waals surface area contributed by atoms with Crippen LogP contribution in [0.5, 0.6) is 57.5 Å². The fourth-order valence-corrected chi connectivity index (χ4v) is 13.0. The SMILES string of the molecule is CC(C)(C)OC(=O)N1CCNCC1.CCc1cc(C#N)nc(-c2ccc(Oc3ccc(F)cc3)cc2)c1.COC(=O)c1cc(C#N)nc(-c2ccc(Oc3ccc(F)cc3)cc2)c1.COC(=O)c1cc[n+](O)c(-c2ccc(Oc3ccc(F)cc3)cc2)c1.COC(=O)c1cc[n+](O)cc1.COC(=O)c1ccncc1.Fc1ccc(Oc2ccc(Br)cc2)cc1.N#Cc1cc(CO)cc(-c2ccc(Oc3ccc(F)cc3)cc2)n1.[B].[H-].[Na+]. The van der Waals surface area contributed by atoms with Crippen molar-refractivity contribution in [2.45, 2.75) is 46.3 Å². The van der Waals surface area contributed by atoms with Crippen molar-refractivity contribution in [2.24, 2.45) is 0 Å². The van der Waals surface area contributed by atoms with Crippen molar-refractivity contribution < 1.29 is 149 Å². The van der Waals surface area contributed by atoms with Crippen molar-refractivity contribution in [3.63, 3.8) is 0 Å². The molecule has 1 aliphatic heterocycles. The van der Waals surface area contributed by atoms with E-state index in [1.165, 1.54) is 162 Å². The van der Waals surface area contributed by atoms with Crippen molar-refractivity contribution in [3.8, 4) is 121 Å². The maximum Gasteiger partial charge on any atom is 1.00 e. The molecule has 0 unspecified atom stereocenters. The van der Waals surface area contributed by atoms with E-state index in [2.05, 4.69) is 61.5 Å². The second-order valence-electron chi connectivity index (χ2n) is 31.8. The van der Waals surface area contributed by atoms with Gasteiger partial charge in [0, 0.05) is 102 Å². The number of aliphatic hydroxyl groups is 1. The summed E-state index contributed by atoms with van der Waals surface area (Å²) in [6, 6.07) is 90.0. The number of halogens is 6. The van der Waals surface area contributed by atoms with E-state index in [9.17, 15) is 56.2 Å². The number of nitrogens with zero attached hydrogens (tertiary/aromatic N) is 10. The predicted octanol–water partition coefficient (Wildman–Crippen LogP) is 19.9. The average Bonchev–Trinajstić information content (AvgIpc) is 0.828. The van der Waals surface area contributed by atoms with Crippen LogP contribution in [0.4, 0.5) is 26.7 Å². The van der Waals surface area contributed by atoms with Crippen LogP contribution in [0.25, 0.3) is 45.0 Å². The summed E-state index contributed by atoms with van der Waals surface area (Å²) in [6.45, 7) is 10.7. The molecule has 1 saturated heterocycles. The number of carbonyl (C=O) groups excluding carboxylic acids is 5. The number of carbonyl (C=O) groups is 5. The standard InChI is InChI=1S/C20H13FN2O3.C20H15FN2O.C19H13FN2O2.C19H15FNO4.C12H8BrFO.C9H18N2O2.C7H8NO3.C7H7NO2.B.Na.H/c1-25-20(24)14-10-16(12-22)23-19(11-14)13-2-6-17(7-3-13)26-18-8-4-15(21)5-9-18;1-2-14-11-17(13-22)23-20(12-14)15-3-7-18(8-4-15)24-19-9-5-16(21)6-10-19;20-15-3-7-18(8-4-15)24-17-5-1-14(2-6-17)19-10-13(12-23)9-16(11-21)22-19;1-24-19(22)14-10-11-21(23)18(12-14)13-2-6-16(7-3-13)25-17-8-4-15(20)5-9-17;13-9-1-5-11(6-2-9)15-12-7-3-10(14)4-8-12;1-9(2,3)13-8(12)11-6-4-10-5-7-11;1-11-7(9)6-2-4-8(10)5-3-6;1-10-7(9)6-2-4-8-5-3-6;;;/h2-11H,1H3;3-12H,2H2,1H3;1-10,23H,12H2;2-12,23H,1H3;1-8H;10H,4-7H2,1-3H3;2-5,10H,1H3;2-5H,1H3;;;/q;;;+1;;;+1;;;+1;-1. The summed E-state index contributed by atoms with van der Waals surface area (Å²) in [5.74, 6) is 2.53. The van der Waals surface area contributed by atoms with Gasteiger partial charge in [0.2, 0.25) is 18.6 Å². The van der Waals surface area contributed by atoms with Crippen LogP contribution in [0.3, 0.4) is 0 Å². The molecule has 0 saturated carbocycles. The van der Waals surface area contributed by atoms with Crippen molar-refractivity contribution >= 4 is 54.3 Å². The molecule has 17 rings (SSSR count). The topological polar surface area (TPSA) is 384 Å². The molecule has 3 radical (unpaired) electrons. The third-order valence-corrected chi connectivity index (χ3v) is 20.6. The average molecular weight is 2110 g/mol. The molecule has 0 bridgehead atoms. The number of pyridine rings is 6. The number of aryl methyl sites for hydroxylation is 1. The Morgan fingerprint density at radius 2 is 0.693 bits per heavy atom. The summed E-state index contributed by atoms with van der Waals surface area (Å²) in [6.07, 6.45) is 7.81. The molecule has 0 aliphatic carbocycles. The first-order chi connectivity index (χ1) is 71.3. The van der Waals surface area contributed by atoms with Gasteiger partial charge in [0.05, 0.1) is 79.9 Å². The first-order valence-corrected chi connectivity index (χ1v) is 45.7. The number of ether oxygens (including phenoxy) is 10. The van der Waals surface area contributed by atoms with Crippen LogP contribution in [-0.4, -0.2) is 139 Å². The van der Waals surface area contributed by atoms with E-state index in [4.69, 9.17) is 54.2 Å². The summed E-state index contributed by atoms with van der Waals surface area (Å²) in [5.41, 5.74) is 8.98. The Kier molecular flexibility index (Phi) is 47.4. The summed E-state index contributed by atoms with van der Waals surface area (Å²) in [7, 11) is 5.23. The molecule has 37 heteroatoms. The second-order valence-corrected chi connectivity index (χ2v) is 32.7. The maximum atomic E-state index is 12.9. The normalized spacial score (nSPS) is 10.6. The summed E-state index contributed by atoms with van der Waals surface area (Å²) >= 11 is 3.34. The Bertz CT molecular complexity index is 7010. The number of esters is 4.